The van der Waals surface area contributed by atoms with E-state index in [1.165, 1.54) is 18.7 Å². The Hall–Kier alpha value is -0.0700. The van der Waals surface area contributed by atoms with Crippen LogP contribution in [0.4, 0.5) is 0 Å². The summed E-state index contributed by atoms with van der Waals surface area (Å²) in [4.78, 5) is 12.6. The van der Waals surface area contributed by atoms with Crippen molar-refractivity contribution in [1.29, 1.82) is 0 Å². The lowest BCUT2D eigenvalue weighted by Crippen LogP contribution is -2.65. The molecular formula is C16H30N2O6S2. The standard InChI is InChI=1S/C16H30N2O6S2/c1-4-26-8-5-9(17-6-8)15(23)18-10(7(2)19)14-12(21)11(20)13(22)16(24-14)25-3/h7-14,16-17,19-22H,4-6H2,1-3H3,(H,18,23). The number of aliphatic hydroxyl groups is 4. The van der Waals surface area contributed by atoms with E-state index in [0.717, 1.165) is 12.3 Å². The van der Waals surface area contributed by atoms with Crippen LogP contribution in [0.3, 0.4) is 0 Å². The van der Waals surface area contributed by atoms with Gasteiger partial charge in [-0.15, -0.1) is 11.8 Å². The minimum atomic E-state index is -1.42. The molecule has 6 N–H and O–H groups in total. The van der Waals surface area contributed by atoms with E-state index in [1.807, 2.05) is 0 Å². The predicted octanol–water partition coefficient (Wildman–Crippen LogP) is -1.49. The molecule has 0 aromatic heterocycles. The lowest BCUT2D eigenvalue weighted by Gasteiger charge is -2.44. The molecule has 8 nitrogen and oxygen atoms in total. The Morgan fingerprint density at radius 2 is 2.00 bits per heavy atom. The Morgan fingerprint density at radius 3 is 2.58 bits per heavy atom. The third-order valence-electron chi connectivity index (χ3n) is 4.83. The maximum absolute atomic E-state index is 12.6. The van der Waals surface area contributed by atoms with Crippen LogP contribution in [-0.2, 0) is 9.53 Å². The van der Waals surface area contributed by atoms with Crippen LogP contribution in [0.25, 0.3) is 0 Å². The minimum Gasteiger partial charge on any atom is -0.391 e. The van der Waals surface area contributed by atoms with Gasteiger partial charge in [0, 0.05) is 11.8 Å². The molecule has 9 unspecified atom stereocenters. The number of hydrogen-bond donors (Lipinski definition) is 6. The van der Waals surface area contributed by atoms with E-state index >= 15 is 0 Å². The summed E-state index contributed by atoms with van der Waals surface area (Å²) in [5, 5.41) is 46.8. The summed E-state index contributed by atoms with van der Waals surface area (Å²) in [5.74, 6) is 0.710. The Morgan fingerprint density at radius 1 is 1.31 bits per heavy atom. The first kappa shape index (κ1) is 22.2. The van der Waals surface area contributed by atoms with Gasteiger partial charge >= 0.3 is 0 Å². The summed E-state index contributed by atoms with van der Waals surface area (Å²) in [6.07, 6.45) is -3.72. The number of rotatable bonds is 7. The van der Waals surface area contributed by atoms with Crippen LogP contribution in [0.15, 0.2) is 0 Å². The van der Waals surface area contributed by atoms with E-state index in [-0.39, 0.29) is 11.9 Å². The molecule has 0 aromatic rings. The molecule has 2 aliphatic heterocycles. The molecule has 2 saturated heterocycles. The second-order valence-corrected chi connectivity index (χ2v) is 9.24. The third kappa shape index (κ3) is 5.05. The van der Waals surface area contributed by atoms with Gasteiger partial charge in [-0.2, -0.15) is 11.8 Å². The summed E-state index contributed by atoms with van der Waals surface area (Å²) in [7, 11) is 0. The lowest BCUT2D eigenvalue weighted by molar-refractivity contribution is -0.211. The largest absolute Gasteiger partial charge is 0.391 e. The SMILES string of the molecule is CCSC1CNC(C(=O)NC(C(C)O)C2OC(SC)C(O)C(O)C2O)C1. The van der Waals surface area contributed by atoms with Gasteiger partial charge in [0.25, 0.3) is 0 Å². The van der Waals surface area contributed by atoms with Crippen molar-refractivity contribution >= 4 is 29.4 Å². The first-order valence-electron chi connectivity index (χ1n) is 8.86. The number of ether oxygens (including phenoxy) is 1. The highest BCUT2D eigenvalue weighted by Crippen LogP contribution is 2.29. The summed E-state index contributed by atoms with van der Waals surface area (Å²) < 4.78 is 5.68. The van der Waals surface area contributed by atoms with Gasteiger partial charge in [0.05, 0.1) is 18.2 Å². The lowest BCUT2D eigenvalue weighted by atomic mass is 9.92. The molecular weight excluding hydrogens is 380 g/mol. The fourth-order valence-corrected chi connectivity index (χ4v) is 5.07. The topological polar surface area (TPSA) is 131 Å². The molecule has 0 aliphatic carbocycles. The van der Waals surface area contributed by atoms with Crippen molar-refractivity contribution in [3.05, 3.63) is 0 Å². The predicted molar refractivity (Wildman–Crippen MR) is 102 cm³/mol. The van der Waals surface area contributed by atoms with Crippen LogP contribution in [0.2, 0.25) is 0 Å². The normalized spacial score (nSPS) is 40.2. The van der Waals surface area contributed by atoms with E-state index in [9.17, 15) is 25.2 Å². The summed E-state index contributed by atoms with van der Waals surface area (Å²) in [5.41, 5.74) is -0.758. The molecule has 0 spiro atoms. The molecule has 2 aliphatic rings. The van der Waals surface area contributed by atoms with Gasteiger partial charge in [-0.1, -0.05) is 6.92 Å². The van der Waals surface area contributed by atoms with Gasteiger partial charge in [-0.05, 0) is 25.4 Å². The van der Waals surface area contributed by atoms with Gasteiger partial charge in [0.15, 0.2) is 0 Å². The molecule has 26 heavy (non-hydrogen) atoms. The second kappa shape index (κ2) is 9.92. The molecule has 2 fully saturated rings. The van der Waals surface area contributed by atoms with Gasteiger partial charge < -0.3 is 35.8 Å². The minimum absolute atomic E-state index is 0.271. The van der Waals surface area contributed by atoms with Crippen LogP contribution in [0, 0.1) is 0 Å². The number of thioether (sulfide) groups is 2. The van der Waals surface area contributed by atoms with E-state index in [4.69, 9.17) is 4.74 Å². The zero-order valence-electron chi connectivity index (χ0n) is 15.2. The summed E-state index contributed by atoms with van der Waals surface area (Å²) in [6.45, 7) is 4.31. The molecule has 0 bridgehead atoms. The van der Waals surface area contributed by atoms with E-state index in [0.29, 0.717) is 11.7 Å². The maximum Gasteiger partial charge on any atom is 0.237 e. The fraction of sp³-hybridized carbons (Fsp3) is 0.938. The smallest absolute Gasteiger partial charge is 0.237 e. The number of carbonyl (C=O) groups is 1. The molecule has 0 saturated carbocycles. The monoisotopic (exact) mass is 410 g/mol. The number of amides is 1. The van der Waals surface area contributed by atoms with Crippen molar-refractivity contribution < 1.29 is 30.0 Å². The van der Waals surface area contributed by atoms with Crippen LogP contribution < -0.4 is 10.6 Å². The summed E-state index contributed by atoms with van der Waals surface area (Å²) in [6, 6.07) is -1.28. The first-order chi connectivity index (χ1) is 12.3. The zero-order valence-corrected chi connectivity index (χ0v) is 16.9. The average Bonchev–Trinajstić information content (AvgIpc) is 3.07. The van der Waals surface area contributed by atoms with Crippen molar-refractivity contribution in [3.63, 3.8) is 0 Å². The number of aliphatic hydroxyl groups excluding tert-OH is 4. The molecule has 10 heteroatoms. The van der Waals surface area contributed by atoms with Crippen molar-refractivity contribution in [2.75, 3.05) is 18.6 Å². The Labute approximate surface area is 162 Å². The van der Waals surface area contributed by atoms with Crippen LogP contribution in [-0.4, -0.2) is 98.2 Å². The van der Waals surface area contributed by atoms with Crippen LogP contribution in [0.1, 0.15) is 20.3 Å². The molecule has 2 rings (SSSR count). The maximum atomic E-state index is 12.6. The fourth-order valence-electron chi connectivity index (χ4n) is 3.37. The molecule has 2 heterocycles. The number of nitrogens with one attached hydrogen (secondary N) is 2. The average molecular weight is 411 g/mol. The highest BCUT2D eigenvalue weighted by molar-refractivity contribution is 7.99. The van der Waals surface area contributed by atoms with E-state index in [2.05, 4.69) is 17.6 Å². The Balaban J connectivity index is 2.05. The van der Waals surface area contributed by atoms with Crippen LogP contribution in [0.5, 0.6) is 0 Å². The number of carbonyl (C=O) groups excluding carboxylic acids is 1. The van der Waals surface area contributed by atoms with Gasteiger partial charge in [-0.3, -0.25) is 4.79 Å². The number of hydrogen-bond acceptors (Lipinski definition) is 9. The first-order valence-corrected chi connectivity index (χ1v) is 11.2. The van der Waals surface area contributed by atoms with Gasteiger partial charge in [-0.25, -0.2) is 0 Å². The second-order valence-electron chi connectivity index (χ2n) is 6.73. The van der Waals surface area contributed by atoms with Gasteiger partial charge in [0.2, 0.25) is 5.91 Å². The molecule has 0 aromatic carbocycles. The Bertz CT molecular complexity index is 470. The third-order valence-corrected chi connectivity index (χ3v) is 6.85. The van der Waals surface area contributed by atoms with Crippen molar-refractivity contribution in [2.24, 2.45) is 0 Å². The zero-order chi connectivity index (χ0) is 19.4. The van der Waals surface area contributed by atoms with Crippen LogP contribution >= 0.6 is 23.5 Å². The quantitative estimate of drug-likeness (QED) is 0.297. The molecule has 152 valence electrons. The van der Waals surface area contributed by atoms with Crippen molar-refractivity contribution in [2.45, 2.75) is 73.6 Å². The van der Waals surface area contributed by atoms with E-state index in [1.54, 1.807) is 18.0 Å². The summed E-state index contributed by atoms with van der Waals surface area (Å²) >= 11 is 2.99. The van der Waals surface area contributed by atoms with Crippen molar-refractivity contribution in [1.82, 2.24) is 10.6 Å². The molecule has 0 radical (unpaired) electrons. The molecule has 1 amide bonds. The highest BCUT2D eigenvalue weighted by atomic mass is 32.2. The van der Waals surface area contributed by atoms with E-state index < -0.39 is 42.0 Å². The molecule has 9 atom stereocenters. The highest BCUT2D eigenvalue weighted by Gasteiger charge is 2.48. The Kier molecular flexibility index (Phi) is 8.48. The van der Waals surface area contributed by atoms with Crippen molar-refractivity contribution in [3.8, 4) is 0 Å². The van der Waals surface area contributed by atoms with Gasteiger partial charge in [0.1, 0.15) is 29.9 Å².